The molecule has 0 saturated heterocycles. The third kappa shape index (κ3) is 5.65. The third-order valence-corrected chi connectivity index (χ3v) is 7.17. The molecule has 0 radical (unpaired) electrons. The minimum atomic E-state index is -1.27. The molecule has 194 valence electrons. The highest BCUT2D eigenvalue weighted by atomic mass is 16.6. The van der Waals surface area contributed by atoms with E-state index in [4.69, 9.17) is 18.9 Å². The van der Waals surface area contributed by atoms with Crippen molar-refractivity contribution < 1.29 is 29.0 Å². The summed E-state index contributed by atoms with van der Waals surface area (Å²) in [6.07, 6.45) is -0.818. The number of aliphatic hydroxyl groups is 1. The second kappa shape index (κ2) is 12.0. The predicted octanol–water partition coefficient (Wildman–Crippen LogP) is 4.53. The van der Waals surface area contributed by atoms with Crippen LogP contribution in [0.4, 0.5) is 0 Å². The number of hydrogen-bond acceptors (Lipinski definition) is 8. The number of aliphatic hydroxyl groups excluding tert-OH is 1. The van der Waals surface area contributed by atoms with Gasteiger partial charge in [-0.3, -0.25) is 10.1 Å². The van der Waals surface area contributed by atoms with Crippen LogP contribution >= 0.6 is 0 Å². The second-order valence-corrected chi connectivity index (χ2v) is 9.15. The Bertz CT molecular complexity index is 1090. The Labute approximate surface area is 211 Å². The predicted molar refractivity (Wildman–Crippen MR) is 133 cm³/mol. The molecule has 9 heteroatoms. The maximum atomic E-state index is 11.9. The number of rotatable bonds is 12. The van der Waals surface area contributed by atoms with E-state index in [1.807, 2.05) is 26.0 Å². The van der Waals surface area contributed by atoms with E-state index >= 15 is 0 Å². The van der Waals surface area contributed by atoms with Crippen molar-refractivity contribution in [2.24, 2.45) is 5.92 Å². The van der Waals surface area contributed by atoms with E-state index in [9.17, 15) is 20.5 Å². The average Bonchev–Trinajstić information content (AvgIpc) is 2.91. The number of hydrogen-bond donors (Lipinski definition) is 1. The van der Waals surface area contributed by atoms with Gasteiger partial charge in [-0.1, -0.05) is 38.5 Å². The Hall–Kier alpha value is -3.51. The number of nitro groups is 1. The van der Waals surface area contributed by atoms with Gasteiger partial charge in [0, 0.05) is 4.92 Å². The van der Waals surface area contributed by atoms with Gasteiger partial charge in [0.2, 0.25) is 6.04 Å². The van der Waals surface area contributed by atoms with Crippen molar-refractivity contribution in [1.29, 1.82) is 5.26 Å². The van der Waals surface area contributed by atoms with E-state index in [1.165, 1.54) is 14.2 Å². The average molecular weight is 499 g/mol. The molecule has 5 atom stereocenters. The number of fused-ring (bicyclic) bond motifs is 1. The number of nitrogens with zero attached hydrogens (tertiary/aromatic N) is 2. The Morgan fingerprint density at radius 2 is 1.92 bits per heavy atom. The molecule has 36 heavy (non-hydrogen) atoms. The molecule has 1 heterocycles. The number of para-hydroxylation sites is 2. The summed E-state index contributed by atoms with van der Waals surface area (Å²) in [5.74, 6) is 2.08. The SMILES string of the molecule is CCC(C)C(C#N)(CCC(O)C(CC1COc2ccccc2O1)[N+](=O)[O-])c1ccc(OC)c(OC)c1. The maximum absolute atomic E-state index is 11.9. The zero-order valence-electron chi connectivity index (χ0n) is 21.2. The Balaban J connectivity index is 1.79. The first-order valence-corrected chi connectivity index (χ1v) is 12.1. The Kier molecular flexibility index (Phi) is 8.99. The van der Waals surface area contributed by atoms with Crippen LogP contribution in [0.2, 0.25) is 0 Å². The molecular weight excluding hydrogens is 464 g/mol. The standard InChI is InChI=1S/C27H34N2O7/c1-5-18(2)27(17-28,19-10-11-23(33-3)26(14-19)34-4)13-12-22(30)21(29(31)32)15-20-16-35-24-8-6-7-9-25(24)36-20/h6-11,14,18,20-22,30H,5,12-13,15-16H2,1-4H3. The van der Waals surface area contributed by atoms with Crippen LogP contribution in [0.25, 0.3) is 0 Å². The van der Waals surface area contributed by atoms with Crippen LogP contribution in [0.5, 0.6) is 23.0 Å². The van der Waals surface area contributed by atoms with E-state index in [-0.39, 0.29) is 31.8 Å². The van der Waals surface area contributed by atoms with Crippen molar-refractivity contribution in [1.82, 2.24) is 0 Å². The monoisotopic (exact) mass is 498 g/mol. The summed E-state index contributed by atoms with van der Waals surface area (Å²) in [5.41, 5.74) is -0.248. The molecule has 3 rings (SSSR count). The van der Waals surface area contributed by atoms with Crippen molar-refractivity contribution in [3.05, 3.63) is 58.1 Å². The van der Waals surface area contributed by atoms with Gasteiger partial charge in [0.1, 0.15) is 18.8 Å². The molecule has 1 aliphatic heterocycles. The second-order valence-electron chi connectivity index (χ2n) is 9.15. The quantitative estimate of drug-likeness (QED) is 0.334. The molecule has 5 unspecified atom stereocenters. The lowest BCUT2D eigenvalue weighted by Gasteiger charge is -2.34. The summed E-state index contributed by atoms with van der Waals surface area (Å²) < 4.78 is 22.3. The van der Waals surface area contributed by atoms with Crippen molar-refractivity contribution >= 4 is 0 Å². The molecule has 0 bridgehead atoms. The van der Waals surface area contributed by atoms with Gasteiger partial charge in [0.15, 0.2) is 23.0 Å². The van der Waals surface area contributed by atoms with Gasteiger partial charge >= 0.3 is 0 Å². The van der Waals surface area contributed by atoms with Gasteiger partial charge in [-0.05, 0) is 48.6 Å². The molecule has 0 aromatic heterocycles. The first kappa shape index (κ1) is 27.1. The lowest BCUT2D eigenvalue weighted by molar-refractivity contribution is -0.537. The van der Waals surface area contributed by atoms with Crippen LogP contribution in [-0.4, -0.2) is 49.1 Å². The van der Waals surface area contributed by atoms with Crippen molar-refractivity contribution in [3.63, 3.8) is 0 Å². The molecule has 0 aliphatic carbocycles. The molecule has 2 aromatic rings. The van der Waals surface area contributed by atoms with E-state index in [1.54, 1.807) is 30.3 Å². The smallest absolute Gasteiger partial charge is 0.242 e. The molecular formula is C27H34N2O7. The van der Waals surface area contributed by atoms with Crippen LogP contribution in [0.15, 0.2) is 42.5 Å². The van der Waals surface area contributed by atoms with Gasteiger partial charge in [0.05, 0.1) is 32.1 Å². The van der Waals surface area contributed by atoms with Gasteiger partial charge in [-0.2, -0.15) is 5.26 Å². The molecule has 0 amide bonds. The Morgan fingerprint density at radius 3 is 2.53 bits per heavy atom. The zero-order valence-corrected chi connectivity index (χ0v) is 21.2. The summed E-state index contributed by atoms with van der Waals surface area (Å²) in [6, 6.07) is 13.7. The van der Waals surface area contributed by atoms with E-state index in [0.29, 0.717) is 29.4 Å². The number of methoxy groups -OCH3 is 2. The summed E-state index contributed by atoms with van der Waals surface area (Å²) >= 11 is 0. The van der Waals surface area contributed by atoms with Crippen LogP contribution in [0.3, 0.4) is 0 Å². The zero-order chi connectivity index (χ0) is 26.3. The van der Waals surface area contributed by atoms with Crippen LogP contribution in [-0.2, 0) is 5.41 Å². The largest absolute Gasteiger partial charge is 0.493 e. The van der Waals surface area contributed by atoms with E-state index < -0.39 is 28.6 Å². The lowest BCUT2D eigenvalue weighted by Crippen LogP contribution is -2.42. The number of ether oxygens (including phenoxy) is 4. The fourth-order valence-electron chi connectivity index (χ4n) is 4.77. The Morgan fingerprint density at radius 1 is 1.22 bits per heavy atom. The molecule has 1 aliphatic rings. The lowest BCUT2D eigenvalue weighted by atomic mass is 9.67. The highest BCUT2D eigenvalue weighted by Crippen LogP contribution is 2.42. The molecule has 0 saturated carbocycles. The summed E-state index contributed by atoms with van der Waals surface area (Å²) in [5, 5.41) is 33.2. The summed E-state index contributed by atoms with van der Waals surface area (Å²) in [7, 11) is 3.07. The fourth-order valence-corrected chi connectivity index (χ4v) is 4.77. The van der Waals surface area contributed by atoms with Crippen LogP contribution in [0, 0.1) is 27.4 Å². The van der Waals surface area contributed by atoms with Crippen LogP contribution in [0.1, 0.15) is 45.1 Å². The van der Waals surface area contributed by atoms with Crippen LogP contribution < -0.4 is 18.9 Å². The van der Waals surface area contributed by atoms with Crippen molar-refractivity contribution in [2.45, 2.75) is 63.2 Å². The number of benzene rings is 2. The summed E-state index contributed by atoms with van der Waals surface area (Å²) in [4.78, 5) is 11.5. The first-order valence-electron chi connectivity index (χ1n) is 12.1. The highest BCUT2D eigenvalue weighted by molar-refractivity contribution is 5.47. The van der Waals surface area contributed by atoms with Gasteiger partial charge in [-0.25, -0.2) is 0 Å². The minimum Gasteiger partial charge on any atom is -0.493 e. The van der Waals surface area contributed by atoms with E-state index in [0.717, 1.165) is 5.56 Å². The molecule has 1 N–H and O–H groups in total. The first-order chi connectivity index (χ1) is 17.3. The van der Waals surface area contributed by atoms with Gasteiger partial charge in [0.25, 0.3) is 0 Å². The summed E-state index contributed by atoms with van der Waals surface area (Å²) in [6.45, 7) is 4.13. The fraction of sp³-hybridized carbons (Fsp3) is 0.519. The van der Waals surface area contributed by atoms with E-state index in [2.05, 4.69) is 6.07 Å². The third-order valence-electron chi connectivity index (χ3n) is 7.17. The van der Waals surface area contributed by atoms with Gasteiger partial charge < -0.3 is 24.1 Å². The topological polar surface area (TPSA) is 124 Å². The van der Waals surface area contributed by atoms with Gasteiger partial charge in [-0.15, -0.1) is 0 Å². The van der Waals surface area contributed by atoms with Crippen molar-refractivity contribution in [2.75, 3.05) is 20.8 Å². The normalized spacial score (nSPS) is 18.7. The minimum absolute atomic E-state index is 0.0122. The number of nitriles is 1. The maximum Gasteiger partial charge on any atom is 0.242 e. The molecule has 0 fully saturated rings. The molecule has 9 nitrogen and oxygen atoms in total. The highest BCUT2D eigenvalue weighted by Gasteiger charge is 2.41. The van der Waals surface area contributed by atoms with Crippen molar-refractivity contribution in [3.8, 4) is 29.1 Å². The molecule has 0 spiro atoms. The molecule has 2 aromatic carbocycles.